The molecule has 0 radical (unpaired) electrons. The van der Waals surface area contributed by atoms with Crippen molar-refractivity contribution in [1.29, 1.82) is 0 Å². The summed E-state index contributed by atoms with van der Waals surface area (Å²) in [7, 11) is 0. The largest absolute Gasteiger partial charge is 0.479 e. The number of hydrogen-bond donors (Lipinski definition) is 3. The Morgan fingerprint density at radius 1 is 1.24 bits per heavy atom. The van der Waals surface area contributed by atoms with Crippen LogP contribution in [0.4, 0.5) is 13.2 Å². The average Bonchev–Trinajstić information content (AvgIpc) is 2.80. The van der Waals surface area contributed by atoms with E-state index in [4.69, 9.17) is 5.11 Å². The van der Waals surface area contributed by atoms with Crippen LogP contribution >= 0.6 is 0 Å². The van der Waals surface area contributed by atoms with Crippen LogP contribution in [0.25, 0.3) is 10.9 Å². The Morgan fingerprint density at radius 2 is 1.86 bits per heavy atom. The quantitative estimate of drug-likeness (QED) is 0.813. The molecule has 1 aromatic heterocycles. The molecule has 0 aliphatic rings. The van der Waals surface area contributed by atoms with E-state index in [1.54, 1.807) is 29.6 Å². The Bertz CT molecular complexity index is 708. The lowest BCUT2D eigenvalue weighted by atomic mass is 10.0. The summed E-state index contributed by atoms with van der Waals surface area (Å²) >= 11 is 0. The van der Waals surface area contributed by atoms with E-state index in [9.17, 15) is 22.8 Å². The molecule has 3 N–H and O–H groups in total. The molecule has 112 valence electrons. The van der Waals surface area contributed by atoms with Gasteiger partial charge in [-0.3, -0.25) is 4.79 Å². The van der Waals surface area contributed by atoms with Crippen LogP contribution in [0.2, 0.25) is 0 Å². The van der Waals surface area contributed by atoms with E-state index < -0.39 is 23.6 Å². The highest BCUT2D eigenvalue weighted by Crippen LogP contribution is 2.31. The third-order valence-electron chi connectivity index (χ3n) is 3.19. The number of H-pyrrole nitrogens is 1. The van der Waals surface area contributed by atoms with Crippen LogP contribution in [0.15, 0.2) is 30.5 Å². The third kappa shape index (κ3) is 2.44. The maximum Gasteiger partial charge on any atom is 0.422 e. The summed E-state index contributed by atoms with van der Waals surface area (Å²) in [5.74, 6) is -3.29. The Hall–Kier alpha value is -2.51. The van der Waals surface area contributed by atoms with Crippen LogP contribution in [0.5, 0.6) is 0 Å². The van der Waals surface area contributed by atoms with Gasteiger partial charge in [0, 0.05) is 17.1 Å². The summed E-state index contributed by atoms with van der Waals surface area (Å²) in [4.78, 5) is 25.6. The zero-order valence-electron chi connectivity index (χ0n) is 10.8. The Labute approximate surface area is 116 Å². The molecule has 2 aromatic rings. The molecule has 0 bridgehead atoms. The maximum atomic E-state index is 12.9. The number of para-hydroxylation sites is 1. The van der Waals surface area contributed by atoms with Gasteiger partial charge in [0.25, 0.3) is 5.91 Å². The van der Waals surface area contributed by atoms with Gasteiger partial charge in [0.15, 0.2) is 0 Å². The standard InChI is InChI=1S/C13H11F3N2O3/c1-12(11(20)21,13(14,15)16)18-10(19)8-6-17-9-5-3-2-4-7(8)9/h2-6,17H,1H3,(H,18,19)(H,20,21). The van der Waals surface area contributed by atoms with Crippen molar-refractivity contribution in [2.75, 3.05) is 0 Å². The summed E-state index contributed by atoms with van der Waals surface area (Å²) < 4.78 is 38.6. The van der Waals surface area contributed by atoms with Crippen LogP contribution in [-0.2, 0) is 4.79 Å². The number of aromatic amines is 1. The lowest BCUT2D eigenvalue weighted by Gasteiger charge is -2.28. The molecule has 2 rings (SSSR count). The first-order chi connectivity index (χ1) is 9.67. The fraction of sp³-hybridized carbons (Fsp3) is 0.231. The number of carboxylic acid groups (broad SMARTS) is 1. The van der Waals surface area contributed by atoms with Gasteiger partial charge in [0.05, 0.1) is 5.56 Å². The molecule has 1 heterocycles. The molecule has 0 fully saturated rings. The molecular weight excluding hydrogens is 289 g/mol. The molecule has 1 aromatic carbocycles. The number of halogens is 3. The minimum absolute atomic E-state index is 0.0534. The van der Waals surface area contributed by atoms with Crippen LogP contribution in [0.3, 0.4) is 0 Å². The van der Waals surface area contributed by atoms with Crippen molar-refractivity contribution in [3.05, 3.63) is 36.0 Å². The van der Waals surface area contributed by atoms with Crippen molar-refractivity contribution < 1.29 is 27.9 Å². The van der Waals surface area contributed by atoms with E-state index in [-0.39, 0.29) is 5.56 Å². The van der Waals surface area contributed by atoms with Crippen LogP contribution in [-0.4, -0.2) is 33.7 Å². The zero-order chi connectivity index (χ0) is 15.8. The van der Waals surface area contributed by atoms with Crippen LogP contribution in [0.1, 0.15) is 17.3 Å². The number of aromatic nitrogens is 1. The zero-order valence-corrected chi connectivity index (χ0v) is 10.8. The van der Waals surface area contributed by atoms with E-state index in [0.29, 0.717) is 17.8 Å². The lowest BCUT2D eigenvalue weighted by Crippen LogP contribution is -2.61. The van der Waals surface area contributed by atoms with E-state index in [2.05, 4.69) is 4.98 Å². The molecule has 1 amide bonds. The number of aliphatic carboxylic acids is 1. The Kier molecular flexibility index (Phi) is 3.40. The molecule has 1 unspecified atom stereocenters. The van der Waals surface area contributed by atoms with E-state index in [1.165, 1.54) is 6.20 Å². The molecular formula is C13H11F3N2O3. The molecule has 0 saturated carbocycles. The minimum Gasteiger partial charge on any atom is -0.479 e. The van der Waals surface area contributed by atoms with Gasteiger partial charge in [-0.25, -0.2) is 4.79 Å². The second-order valence-corrected chi connectivity index (χ2v) is 4.63. The molecule has 0 saturated heterocycles. The third-order valence-corrected chi connectivity index (χ3v) is 3.19. The van der Waals surface area contributed by atoms with Crippen molar-refractivity contribution >= 4 is 22.8 Å². The highest BCUT2D eigenvalue weighted by Gasteiger charge is 2.58. The van der Waals surface area contributed by atoms with Crippen LogP contribution in [0, 0.1) is 0 Å². The summed E-state index contributed by atoms with van der Waals surface area (Å²) in [6.07, 6.45) is -3.89. The van der Waals surface area contributed by atoms with Crippen molar-refractivity contribution in [1.82, 2.24) is 10.3 Å². The number of rotatable bonds is 3. The molecule has 21 heavy (non-hydrogen) atoms. The number of carbonyl (C=O) groups is 2. The Balaban J connectivity index is 2.39. The highest BCUT2D eigenvalue weighted by atomic mass is 19.4. The van der Waals surface area contributed by atoms with Crippen molar-refractivity contribution in [2.24, 2.45) is 0 Å². The number of fused-ring (bicyclic) bond motifs is 1. The highest BCUT2D eigenvalue weighted by molar-refractivity contribution is 6.08. The van der Waals surface area contributed by atoms with Gasteiger partial charge in [-0.05, 0) is 13.0 Å². The van der Waals surface area contributed by atoms with Gasteiger partial charge in [-0.1, -0.05) is 18.2 Å². The second kappa shape index (κ2) is 4.80. The molecule has 0 spiro atoms. The Morgan fingerprint density at radius 3 is 2.43 bits per heavy atom. The summed E-state index contributed by atoms with van der Waals surface area (Å²) in [6, 6.07) is 6.50. The number of carbonyl (C=O) groups excluding carboxylic acids is 1. The molecule has 8 heteroatoms. The lowest BCUT2D eigenvalue weighted by molar-refractivity contribution is -0.203. The molecule has 5 nitrogen and oxygen atoms in total. The smallest absolute Gasteiger partial charge is 0.422 e. The SMILES string of the molecule is CC(NC(=O)c1c[nH]c2ccccc12)(C(=O)O)C(F)(F)F. The van der Waals surface area contributed by atoms with Gasteiger partial charge in [-0.2, -0.15) is 13.2 Å². The van der Waals surface area contributed by atoms with Gasteiger partial charge < -0.3 is 15.4 Å². The second-order valence-electron chi connectivity index (χ2n) is 4.63. The molecule has 0 aliphatic carbocycles. The van der Waals surface area contributed by atoms with Gasteiger partial charge >= 0.3 is 12.1 Å². The predicted molar refractivity (Wildman–Crippen MR) is 67.9 cm³/mol. The first kappa shape index (κ1) is 14.9. The fourth-order valence-electron chi connectivity index (χ4n) is 1.80. The van der Waals surface area contributed by atoms with E-state index >= 15 is 0 Å². The number of amides is 1. The van der Waals surface area contributed by atoms with Crippen molar-refractivity contribution in [3.63, 3.8) is 0 Å². The fourth-order valence-corrected chi connectivity index (χ4v) is 1.80. The maximum absolute atomic E-state index is 12.9. The predicted octanol–water partition coefficient (Wildman–Crippen LogP) is 2.30. The summed E-state index contributed by atoms with van der Waals surface area (Å²) in [5.41, 5.74) is -2.85. The van der Waals surface area contributed by atoms with Crippen LogP contribution < -0.4 is 5.32 Å². The first-order valence-corrected chi connectivity index (χ1v) is 5.85. The number of alkyl halides is 3. The van der Waals surface area contributed by atoms with Gasteiger partial charge in [0.1, 0.15) is 0 Å². The topological polar surface area (TPSA) is 82.2 Å². The first-order valence-electron chi connectivity index (χ1n) is 5.85. The summed E-state index contributed by atoms with van der Waals surface area (Å²) in [5, 5.41) is 10.7. The minimum atomic E-state index is -5.12. The monoisotopic (exact) mass is 300 g/mol. The number of carboxylic acids is 1. The van der Waals surface area contributed by atoms with E-state index in [0.717, 1.165) is 0 Å². The normalized spacial score (nSPS) is 14.7. The number of hydrogen-bond acceptors (Lipinski definition) is 2. The van der Waals surface area contributed by atoms with Gasteiger partial charge in [0.2, 0.25) is 5.54 Å². The van der Waals surface area contributed by atoms with Crippen molar-refractivity contribution in [2.45, 2.75) is 18.6 Å². The number of nitrogens with one attached hydrogen (secondary N) is 2. The van der Waals surface area contributed by atoms with Gasteiger partial charge in [-0.15, -0.1) is 0 Å². The molecule has 0 aliphatic heterocycles. The molecule has 1 atom stereocenters. The number of benzene rings is 1. The average molecular weight is 300 g/mol. The summed E-state index contributed by atoms with van der Waals surface area (Å²) in [6.45, 7) is 0.405. The van der Waals surface area contributed by atoms with Crippen molar-refractivity contribution in [3.8, 4) is 0 Å². The van der Waals surface area contributed by atoms with E-state index in [1.807, 2.05) is 0 Å².